The SMILES string of the molecule is CCc1nsc(NCC(C)(C)S(C)(=O)=O)n1. The number of aryl methyl sites for hydroxylation is 1. The molecule has 0 unspecified atom stereocenters. The Kier molecular flexibility index (Phi) is 3.90. The summed E-state index contributed by atoms with van der Waals surface area (Å²) in [6.45, 7) is 5.70. The quantitative estimate of drug-likeness (QED) is 0.868. The van der Waals surface area contributed by atoms with Crippen molar-refractivity contribution in [2.24, 2.45) is 0 Å². The number of rotatable bonds is 5. The predicted molar refractivity (Wildman–Crippen MR) is 66.7 cm³/mol. The van der Waals surface area contributed by atoms with Crippen molar-refractivity contribution >= 4 is 26.5 Å². The molecule has 1 aromatic rings. The maximum atomic E-state index is 11.5. The summed E-state index contributed by atoms with van der Waals surface area (Å²) in [5.74, 6) is 0.782. The lowest BCUT2D eigenvalue weighted by Crippen LogP contribution is -2.38. The van der Waals surface area contributed by atoms with Crippen LogP contribution in [0.25, 0.3) is 0 Å². The van der Waals surface area contributed by atoms with Gasteiger partial charge in [0.2, 0.25) is 5.13 Å². The Labute approximate surface area is 100 Å². The zero-order valence-corrected chi connectivity index (χ0v) is 11.6. The molecule has 0 saturated heterocycles. The lowest BCUT2D eigenvalue weighted by atomic mass is 10.2. The van der Waals surface area contributed by atoms with Gasteiger partial charge in [-0.3, -0.25) is 0 Å². The van der Waals surface area contributed by atoms with E-state index in [1.54, 1.807) is 13.8 Å². The second-order valence-electron chi connectivity index (χ2n) is 4.25. The molecule has 92 valence electrons. The Hall–Kier alpha value is -0.690. The molecule has 16 heavy (non-hydrogen) atoms. The van der Waals surface area contributed by atoms with Gasteiger partial charge in [-0.05, 0) is 13.8 Å². The molecule has 0 aliphatic heterocycles. The van der Waals surface area contributed by atoms with Gasteiger partial charge in [0.25, 0.3) is 0 Å². The molecule has 0 aliphatic rings. The number of nitrogens with zero attached hydrogens (tertiary/aromatic N) is 2. The van der Waals surface area contributed by atoms with E-state index in [4.69, 9.17) is 0 Å². The lowest BCUT2D eigenvalue weighted by molar-refractivity contribution is 0.560. The molecule has 0 radical (unpaired) electrons. The minimum absolute atomic E-state index is 0.337. The molecule has 0 aromatic carbocycles. The van der Waals surface area contributed by atoms with Gasteiger partial charge in [0, 0.05) is 30.8 Å². The van der Waals surface area contributed by atoms with Crippen molar-refractivity contribution in [3.05, 3.63) is 5.82 Å². The maximum absolute atomic E-state index is 11.5. The summed E-state index contributed by atoms with van der Waals surface area (Å²) in [6.07, 6.45) is 2.03. The van der Waals surface area contributed by atoms with E-state index in [-0.39, 0.29) is 0 Å². The molecule has 0 saturated carbocycles. The Morgan fingerprint density at radius 1 is 1.44 bits per heavy atom. The van der Waals surface area contributed by atoms with Crippen LogP contribution in [-0.2, 0) is 16.3 Å². The Bertz CT molecular complexity index is 451. The van der Waals surface area contributed by atoms with E-state index in [1.807, 2.05) is 6.92 Å². The van der Waals surface area contributed by atoms with Crippen molar-refractivity contribution in [2.75, 3.05) is 18.1 Å². The molecular formula is C9H17N3O2S2. The second-order valence-corrected chi connectivity index (χ2v) is 7.66. The molecule has 0 aliphatic carbocycles. The molecule has 0 bridgehead atoms. The minimum Gasteiger partial charge on any atom is -0.359 e. The highest BCUT2D eigenvalue weighted by molar-refractivity contribution is 7.92. The predicted octanol–water partition coefficient (Wildman–Crippen LogP) is 1.34. The smallest absolute Gasteiger partial charge is 0.202 e. The van der Waals surface area contributed by atoms with Crippen molar-refractivity contribution in [1.29, 1.82) is 0 Å². The van der Waals surface area contributed by atoms with Crippen molar-refractivity contribution < 1.29 is 8.42 Å². The van der Waals surface area contributed by atoms with E-state index in [0.29, 0.717) is 11.7 Å². The molecule has 0 fully saturated rings. The number of aromatic nitrogens is 2. The van der Waals surface area contributed by atoms with E-state index in [9.17, 15) is 8.42 Å². The van der Waals surface area contributed by atoms with Crippen LogP contribution in [0.15, 0.2) is 0 Å². The molecule has 1 heterocycles. The fourth-order valence-electron chi connectivity index (χ4n) is 0.889. The van der Waals surface area contributed by atoms with Gasteiger partial charge in [0.05, 0.1) is 4.75 Å². The van der Waals surface area contributed by atoms with E-state index in [2.05, 4.69) is 14.7 Å². The highest BCUT2D eigenvalue weighted by Crippen LogP contribution is 2.18. The number of sulfone groups is 1. The van der Waals surface area contributed by atoms with Crippen LogP contribution < -0.4 is 5.32 Å². The number of nitrogens with one attached hydrogen (secondary N) is 1. The molecule has 0 amide bonds. The largest absolute Gasteiger partial charge is 0.359 e. The topological polar surface area (TPSA) is 72.0 Å². The Balaban J connectivity index is 2.64. The first-order valence-electron chi connectivity index (χ1n) is 5.02. The van der Waals surface area contributed by atoms with Crippen molar-refractivity contribution in [3.8, 4) is 0 Å². The van der Waals surface area contributed by atoms with Crippen molar-refractivity contribution in [3.63, 3.8) is 0 Å². The first kappa shape index (κ1) is 13.4. The van der Waals surface area contributed by atoms with E-state index < -0.39 is 14.6 Å². The third kappa shape index (κ3) is 3.15. The van der Waals surface area contributed by atoms with Crippen molar-refractivity contribution in [2.45, 2.75) is 31.9 Å². The molecule has 1 aromatic heterocycles. The van der Waals surface area contributed by atoms with Gasteiger partial charge >= 0.3 is 0 Å². The van der Waals surface area contributed by atoms with E-state index in [1.165, 1.54) is 17.8 Å². The summed E-state index contributed by atoms with van der Waals surface area (Å²) in [5.41, 5.74) is 0. The third-order valence-corrected chi connectivity index (χ3v) is 5.32. The van der Waals surface area contributed by atoms with Crippen LogP contribution in [0.1, 0.15) is 26.6 Å². The van der Waals surface area contributed by atoms with Gasteiger partial charge in [0.1, 0.15) is 5.82 Å². The van der Waals surface area contributed by atoms with Crippen LogP contribution >= 0.6 is 11.5 Å². The molecule has 0 atom stereocenters. The summed E-state index contributed by atoms with van der Waals surface area (Å²) >= 11 is 1.26. The fourth-order valence-corrected chi connectivity index (χ4v) is 1.87. The molecule has 1 N–H and O–H groups in total. The normalized spacial score (nSPS) is 12.8. The van der Waals surface area contributed by atoms with Gasteiger partial charge in [-0.1, -0.05) is 6.92 Å². The number of hydrogen-bond donors (Lipinski definition) is 1. The second kappa shape index (κ2) is 4.67. The summed E-state index contributed by atoms with van der Waals surface area (Å²) < 4.78 is 26.2. The lowest BCUT2D eigenvalue weighted by Gasteiger charge is -2.22. The van der Waals surface area contributed by atoms with Crippen LogP contribution in [0, 0.1) is 0 Å². The van der Waals surface area contributed by atoms with Crippen molar-refractivity contribution in [1.82, 2.24) is 9.36 Å². The fraction of sp³-hybridized carbons (Fsp3) is 0.778. The zero-order valence-electron chi connectivity index (χ0n) is 9.94. The first-order chi connectivity index (χ1) is 7.26. The Morgan fingerprint density at radius 3 is 2.50 bits per heavy atom. The molecule has 5 nitrogen and oxygen atoms in total. The zero-order chi connectivity index (χ0) is 12.4. The summed E-state index contributed by atoms with van der Waals surface area (Å²) in [5, 5.41) is 3.69. The van der Waals surface area contributed by atoms with Gasteiger partial charge in [0.15, 0.2) is 9.84 Å². The Morgan fingerprint density at radius 2 is 2.06 bits per heavy atom. The van der Waals surface area contributed by atoms with Crippen LogP contribution in [0.4, 0.5) is 5.13 Å². The van der Waals surface area contributed by atoms with Crippen LogP contribution in [0.2, 0.25) is 0 Å². The van der Waals surface area contributed by atoms with Gasteiger partial charge < -0.3 is 5.32 Å². The highest BCUT2D eigenvalue weighted by atomic mass is 32.2. The number of hydrogen-bond acceptors (Lipinski definition) is 6. The summed E-state index contributed by atoms with van der Waals surface area (Å²) in [4.78, 5) is 4.22. The first-order valence-corrected chi connectivity index (χ1v) is 7.69. The average molecular weight is 263 g/mol. The molecule has 1 rings (SSSR count). The number of anilines is 1. The molecular weight excluding hydrogens is 246 g/mol. The summed E-state index contributed by atoms with van der Waals surface area (Å²) in [6, 6.07) is 0. The summed E-state index contributed by atoms with van der Waals surface area (Å²) in [7, 11) is -3.08. The average Bonchev–Trinajstić information content (AvgIpc) is 2.60. The standard InChI is InChI=1S/C9H17N3O2S2/c1-5-7-11-8(15-12-7)10-6-9(2,3)16(4,13)14/h5-6H2,1-4H3,(H,10,11,12). The monoisotopic (exact) mass is 263 g/mol. The highest BCUT2D eigenvalue weighted by Gasteiger charge is 2.30. The molecule has 7 heteroatoms. The minimum atomic E-state index is -3.08. The van der Waals surface area contributed by atoms with Crippen LogP contribution in [-0.4, -0.2) is 35.3 Å². The molecule has 0 spiro atoms. The maximum Gasteiger partial charge on any atom is 0.202 e. The van der Waals surface area contributed by atoms with E-state index >= 15 is 0 Å². The van der Waals surface area contributed by atoms with Gasteiger partial charge in [-0.2, -0.15) is 4.37 Å². The van der Waals surface area contributed by atoms with Crippen LogP contribution in [0.5, 0.6) is 0 Å². The van der Waals surface area contributed by atoms with Crippen LogP contribution in [0.3, 0.4) is 0 Å². The van der Waals surface area contributed by atoms with Gasteiger partial charge in [-0.25, -0.2) is 13.4 Å². The van der Waals surface area contributed by atoms with Gasteiger partial charge in [-0.15, -0.1) is 0 Å². The van der Waals surface area contributed by atoms with E-state index in [0.717, 1.165) is 12.2 Å². The third-order valence-electron chi connectivity index (χ3n) is 2.45.